The number of para-hydroxylation sites is 1. The third-order valence-corrected chi connectivity index (χ3v) is 10.6. The summed E-state index contributed by atoms with van der Waals surface area (Å²) in [5.74, 6) is -0.167. The maximum Gasteiger partial charge on any atom is 0.322 e. The number of ether oxygens (including phenoxy) is 2. The lowest BCUT2D eigenvalue weighted by atomic mass is 9.93. The average molecular weight is 625 g/mol. The maximum atomic E-state index is 13.3. The van der Waals surface area contributed by atoms with Gasteiger partial charge in [0.05, 0.1) is 18.7 Å². The summed E-state index contributed by atoms with van der Waals surface area (Å²) in [6.07, 6.45) is 0.369. The van der Waals surface area contributed by atoms with Gasteiger partial charge in [0.25, 0.3) is 16.1 Å². The SMILES string of the molecule is Cc1cc(COc2ccc(C(=O)NC3CCN(S(=O)(=O)N4CCOCC4)CC3c3n[nH]c(=O)s3)cc2)c2ccccc2n1. The van der Waals surface area contributed by atoms with Gasteiger partial charge in [-0.2, -0.15) is 22.1 Å². The van der Waals surface area contributed by atoms with Crippen LogP contribution in [-0.4, -0.2) is 83.6 Å². The molecule has 2 aromatic carbocycles. The molecule has 43 heavy (non-hydrogen) atoms. The molecule has 12 nitrogen and oxygen atoms in total. The zero-order valence-corrected chi connectivity index (χ0v) is 25.2. The second kappa shape index (κ2) is 12.5. The molecule has 6 rings (SSSR count). The van der Waals surface area contributed by atoms with Gasteiger partial charge in [-0.15, -0.1) is 0 Å². The summed E-state index contributed by atoms with van der Waals surface area (Å²) >= 11 is 0.927. The van der Waals surface area contributed by atoms with E-state index in [2.05, 4.69) is 20.5 Å². The molecule has 2 aromatic heterocycles. The van der Waals surface area contributed by atoms with E-state index in [0.717, 1.165) is 33.5 Å². The Balaban J connectivity index is 1.13. The molecule has 4 heterocycles. The number of carbonyl (C=O) groups is 1. The van der Waals surface area contributed by atoms with Crippen LogP contribution in [0, 0.1) is 6.92 Å². The molecule has 14 heteroatoms. The van der Waals surface area contributed by atoms with Gasteiger partial charge in [0, 0.05) is 60.3 Å². The summed E-state index contributed by atoms with van der Waals surface area (Å²) in [7, 11) is -3.72. The van der Waals surface area contributed by atoms with Gasteiger partial charge in [-0.1, -0.05) is 29.5 Å². The van der Waals surface area contributed by atoms with E-state index in [1.165, 1.54) is 8.61 Å². The summed E-state index contributed by atoms with van der Waals surface area (Å²) < 4.78 is 40.9. The highest BCUT2D eigenvalue weighted by molar-refractivity contribution is 7.86. The zero-order valence-electron chi connectivity index (χ0n) is 23.6. The molecule has 226 valence electrons. The molecule has 2 saturated heterocycles. The van der Waals surface area contributed by atoms with Crippen LogP contribution >= 0.6 is 11.3 Å². The van der Waals surface area contributed by atoms with E-state index < -0.39 is 22.2 Å². The lowest BCUT2D eigenvalue weighted by Gasteiger charge is -2.39. The van der Waals surface area contributed by atoms with Gasteiger partial charge in [0.15, 0.2) is 0 Å². The molecular weight excluding hydrogens is 592 g/mol. The summed E-state index contributed by atoms with van der Waals surface area (Å²) in [5.41, 5.74) is 3.29. The van der Waals surface area contributed by atoms with E-state index in [1.54, 1.807) is 24.3 Å². The lowest BCUT2D eigenvalue weighted by molar-refractivity contribution is 0.0689. The Morgan fingerprint density at radius 2 is 1.88 bits per heavy atom. The number of hydrogen-bond acceptors (Lipinski definition) is 9. The third-order valence-electron chi connectivity index (χ3n) is 7.73. The minimum atomic E-state index is -3.72. The quantitative estimate of drug-likeness (QED) is 0.304. The molecular formula is C29H32N6O6S2. The van der Waals surface area contributed by atoms with Crippen molar-refractivity contribution in [1.82, 2.24) is 29.1 Å². The van der Waals surface area contributed by atoms with Crippen molar-refractivity contribution in [2.75, 3.05) is 39.4 Å². The summed E-state index contributed by atoms with van der Waals surface area (Å²) in [6.45, 7) is 3.91. The zero-order chi connectivity index (χ0) is 30.0. The molecule has 2 aliphatic heterocycles. The lowest BCUT2D eigenvalue weighted by Crippen LogP contribution is -2.55. The molecule has 2 atom stereocenters. The first-order valence-corrected chi connectivity index (χ1v) is 16.3. The molecule has 0 bridgehead atoms. The number of aromatic amines is 1. The van der Waals surface area contributed by atoms with Crippen LogP contribution in [0.4, 0.5) is 0 Å². The summed E-state index contributed by atoms with van der Waals surface area (Å²) in [6, 6.07) is 16.4. The number of carbonyl (C=O) groups excluding carboxylic acids is 1. The largest absolute Gasteiger partial charge is 0.489 e. The Labute approximate surface area is 252 Å². The Morgan fingerprint density at radius 3 is 2.63 bits per heavy atom. The van der Waals surface area contributed by atoms with Crippen molar-refractivity contribution >= 4 is 38.4 Å². The topological polar surface area (TPSA) is 147 Å². The third kappa shape index (κ3) is 6.48. The number of amides is 1. The highest BCUT2D eigenvalue weighted by Crippen LogP contribution is 2.30. The number of pyridine rings is 1. The van der Waals surface area contributed by atoms with E-state index in [0.29, 0.717) is 42.6 Å². The first-order valence-electron chi connectivity index (χ1n) is 14.1. The Hall–Kier alpha value is -3.69. The molecule has 1 amide bonds. The second-order valence-electron chi connectivity index (χ2n) is 10.6. The van der Waals surface area contributed by atoms with Gasteiger partial charge in [0.1, 0.15) is 17.4 Å². The average Bonchev–Trinajstić information content (AvgIpc) is 3.46. The molecule has 0 spiro atoms. The first kappa shape index (κ1) is 29.4. The van der Waals surface area contributed by atoms with Crippen molar-refractivity contribution < 1.29 is 22.7 Å². The number of hydrogen-bond donors (Lipinski definition) is 2. The van der Waals surface area contributed by atoms with Gasteiger partial charge in [-0.25, -0.2) is 5.10 Å². The van der Waals surface area contributed by atoms with E-state index in [-0.39, 0.29) is 37.0 Å². The maximum absolute atomic E-state index is 13.3. The molecule has 2 fully saturated rings. The predicted molar refractivity (Wildman–Crippen MR) is 161 cm³/mol. The van der Waals surface area contributed by atoms with Crippen LogP contribution in [0.25, 0.3) is 10.9 Å². The van der Waals surface area contributed by atoms with Crippen LogP contribution in [0.5, 0.6) is 5.75 Å². The Kier molecular flexibility index (Phi) is 8.54. The fourth-order valence-corrected chi connectivity index (χ4v) is 7.91. The predicted octanol–water partition coefficient (Wildman–Crippen LogP) is 2.43. The Bertz CT molecular complexity index is 1770. The number of piperidine rings is 1. The van der Waals surface area contributed by atoms with Crippen LogP contribution < -0.4 is 14.9 Å². The van der Waals surface area contributed by atoms with Crippen LogP contribution in [0.3, 0.4) is 0 Å². The second-order valence-corrected chi connectivity index (χ2v) is 13.5. The highest BCUT2D eigenvalue weighted by atomic mass is 32.2. The monoisotopic (exact) mass is 624 g/mol. The number of aryl methyl sites for hydroxylation is 1. The van der Waals surface area contributed by atoms with E-state index in [1.807, 2.05) is 37.3 Å². The van der Waals surface area contributed by atoms with Crippen LogP contribution in [-0.2, 0) is 21.6 Å². The van der Waals surface area contributed by atoms with E-state index in [9.17, 15) is 18.0 Å². The normalized spacial score (nSPS) is 20.2. The first-order chi connectivity index (χ1) is 20.8. The van der Waals surface area contributed by atoms with Crippen molar-refractivity contribution in [2.45, 2.75) is 31.9 Å². The molecule has 2 N–H and O–H groups in total. The van der Waals surface area contributed by atoms with Gasteiger partial charge >= 0.3 is 4.87 Å². The van der Waals surface area contributed by atoms with E-state index >= 15 is 0 Å². The van der Waals surface area contributed by atoms with Gasteiger partial charge in [0.2, 0.25) is 0 Å². The molecule has 4 aromatic rings. The number of aromatic nitrogens is 3. The number of rotatable bonds is 8. The standard InChI is InChI=1S/C29H32N6O6S2/c1-19-16-21(23-4-2-3-5-25(23)30-19)18-41-22-8-6-20(7-9-22)27(36)31-26-10-11-35(17-24(26)28-32-33-29(37)42-28)43(38,39)34-12-14-40-15-13-34/h2-9,16,24,26H,10-15,17-18H2,1H3,(H,31,36)(H,33,37). The minimum absolute atomic E-state index is 0.0986. The molecule has 0 radical (unpaired) electrons. The Morgan fingerprint density at radius 1 is 1.12 bits per heavy atom. The van der Waals surface area contributed by atoms with Gasteiger partial charge in [-0.05, 0) is 49.7 Å². The van der Waals surface area contributed by atoms with Crippen molar-refractivity contribution in [3.63, 3.8) is 0 Å². The molecule has 0 saturated carbocycles. The fraction of sp³-hybridized carbons (Fsp3) is 0.379. The van der Waals surface area contributed by atoms with Gasteiger partial charge < -0.3 is 14.8 Å². The van der Waals surface area contributed by atoms with Crippen molar-refractivity contribution in [2.24, 2.45) is 0 Å². The van der Waals surface area contributed by atoms with Crippen molar-refractivity contribution in [3.05, 3.63) is 86.1 Å². The van der Waals surface area contributed by atoms with Crippen LogP contribution in [0.15, 0.2) is 59.4 Å². The number of H-pyrrole nitrogens is 1. The summed E-state index contributed by atoms with van der Waals surface area (Å²) in [4.78, 5) is 29.4. The fourth-order valence-electron chi connectivity index (χ4n) is 5.52. The van der Waals surface area contributed by atoms with Gasteiger partial charge in [-0.3, -0.25) is 14.6 Å². The van der Waals surface area contributed by atoms with Crippen LogP contribution in [0.2, 0.25) is 0 Å². The molecule has 0 aliphatic carbocycles. The number of nitrogens with zero attached hydrogens (tertiary/aromatic N) is 4. The minimum Gasteiger partial charge on any atom is -0.489 e. The van der Waals surface area contributed by atoms with Crippen molar-refractivity contribution in [1.29, 1.82) is 0 Å². The number of morpholine rings is 1. The number of nitrogens with one attached hydrogen (secondary N) is 2. The summed E-state index contributed by atoms with van der Waals surface area (Å²) in [5, 5.41) is 11.1. The molecule has 2 aliphatic rings. The van der Waals surface area contributed by atoms with Crippen LogP contribution in [0.1, 0.15) is 39.0 Å². The highest BCUT2D eigenvalue weighted by Gasteiger charge is 2.40. The smallest absolute Gasteiger partial charge is 0.322 e. The van der Waals surface area contributed by atoms with E-state index in [4.69, 9.17) is 9.47 Å². The van der Waals surface area contributed by atoms with Crippen molar-refractivity contribution in [3.8, 4) is 5.75 Å². The number of fused-ring (bicyclic) bond motifs is 1. The number of benzene rings is 2. The molecule has 2 unspecified atom stereocenters.